The van der Waals surface area contributed by atoms with E-state index in [-0.39, 0.29) is 23.5 Å². The number of anilines is 2. The van der Waals surface area contributed by atoms with E-state index >= 15 is 0 Å². The van der Waals surface area contributed by atoms with E-state index in [4.69, 9.17) is 0 Å². The lowest BCUT2D eigenvalue weighted by Gasteiger charge is -2.30. The van der Waals surface area contributed by atoms with Crippen LogP contribution in [0.5, 0.6) is 0 Å². The molecule has 0 saturated heterocycles. The van der Waals surface area contributed by atoms with Crippen LogP contribution in [0.25, 0.3) is 10.8 Å². The van der Waals surface area contributed by atoms with E-state index in [9.17, 15) is 18.6 Å². The van der Waals surface area contributed by atoms with E-state index in [0.717, 1.165) is 42.0 Å². The highest BCUT2D eigenvalue weighted by Gasteiger charge is 2.31. The minimum atomic E-state index is -1.75. The van der Waals surface area contributed by atoms with Crippen LogP contribution in [0.3, 0.4) is 0 Å². The zero-order chi connectivity index (χ0) is 26.4. The van der Waals surface area contributed by atoms with Gasteiger partial charge in [-0.25, -0.2) is 0 Å². The Morgan fingerprint density at radius 3 is 2.35 bits per heavy atom. The Kier molecular flexibility index (Phi) is 8.71. The molecule has 3 amide bonds. The first kappa shape index (κ1) is 26.5. The van der Waals surface area contributed by atoms with Gasteiger partial charge in [0.1, 0.15) is 17.5 Å². The van der Waals surface area contributed by atoms with Gasteiger partial charge in [0.25, 0.3) is 0 Å². The maximum absolute atomic E-state index is 13.6. The van der Waals surface area contributed by atoms with Crippen LogP contribution in [0.1, 0.15) is 38.2 Å². The molecule has 3 aromatic carbocycles. The van der Waals surface area contributed by atoms with Crippen LogP contribution in [-0.4, -0.2) is 45.5 Å². The van der Waals surface area contributed by atoms with Crippen molar-refractivity contribution in [2.75, 3.05) is 21.7 Å². The predicted molar refractivity (Wildman–Crippen MR) is 149 cm³/mol. The molecule has 0 aliphatic heterocycles. The van der Waals surface area contributed by atoms with Gasteiger partial charge in [-0.05, 0) is 50.3 Å². The topological polar surface area (TPSA) is 95.6 Å². The number of amides is 3. The summed E-state index contributed by atoms with van der Waals surface area (Å²) in [6.45, 7) is 3.64. The SMILES string of the molecule is Cc1ccc(NC(=O)C[S@](=O)CC(=O)N(c2cccc3ccccc23)[C@H](C)C(=O)NC2CCCC2)cc1. The number of rotatable bonds is 9. The van der Waals surface area contributed by atoms with E-state index in [1.54, 1.807) is 25.1 Å². The van der Waals surface area contributed by atoms with Crippen molar-refractivity contribution in [3.8, 4) is 0 Å². The van der Waals surface area contributed by atoms with Crippen molar-refractivity contribution >= 4 is 50.7 Å². The molecule has 7 nitrogen and oxygen atoms in total. The molecule has 0 bridgehead atoms. The van der Waals surface area contributed by atoms with E-state index in [1.807, 2.05) is 55.5 Å². The number of carbonyl (C=O) groups is 3. The van der Waals surface area contributed by atoms with Crippen LogP contribution in [0.4, 0.5) is 11.4 Å². The average molecular weight is 520 g/mol. The minimum absolute atomic E-state index is 0.110. The normalized spacial score (nSPS) is 15.2. The molecule has 194 valence electrons. The summed E-state index contributed by atoms with van der Waals surface area (Å²) in [4.78, 5) is 40.7. The second-order valence-electron chi connectivity index (χ2n) is 9.57. The van der Waals surface area contributed by atoms with Crippen molar-refractivity contribution in [2.45, 2.75) is 51.6 Å². The first-order chi connectivity index (χ1) is 17.8. The summed E-state index contributed by atoms with van der Waals surface area (Å²) in [5.41, 5.74) is 2.25. The minimum Gasteiger partial charge on any atom is -0.352 e. The molecule has 1 aliphatic rings. The number of nitrogens with one attached hydrogen (secondary N) is 2. The second kappa shape index (κ2) is 12.1. The molecule has 1 saturated carbocycles. The van der Waals surface area contributed by atoms with E-state index in [2.05, 4.69) is 10.6 Å². The molecule has 37 heavy (non-hydrogen) atoms. The number of hydrogen-bond acceptors (Lipinski definition) is 4. The highest BCUT2D eigenvalue weighted by Crippen LogP contribution is 2.29. The summed E-state index contributed by atoms with van der Waals surface area (Å²) in [5.74, 6) is -1.82. The molecule has 8 heteroatoms. The molecule has 0 unspecified atom stereocenters. The molecule has 1 aliphatic carbocycles. The van der Waals surface area contributed by atoms with Crippen molar-refractivity contribution in [1.29, 1.82) is 0 Å². The van der Waals surface area contributed by atoms with E-state index < -0.39 is 28.7 Å². The molecular weight excluding hydrogens is 486 g/mol. The van der Waals surface area contributed by atoms with Gasteiger partial charge in [0, 0.05) is 27.9 Å². The summed E-state index contributed by atoms with van der Waals surface area (Å²) in [7, 11) is -1.75. The maximum Gasteiger partial charge on any atom is 0.243 e. The van der Waals surface area contributed by atoms with Crippen LogP contribution in [0.2, 0.25) is 0 Å². The fourth-order valence-electron chi connectivity index (χ4n) is 4.73. The van der Waals surface area contributed by atoms with Crippen molar-refractivity contribution < 1.29 is 18.6 Å². The van der Waals surface area contributed by atoms with Gasteiger partial charge in [-0.3, -0.25) is 23.5 Å². The Morgan fingerprint density at radius 2 is 1.62 bits per heavy atom. The van der Waals surface area contributed by atoms with Crippen LogP contribution < -0.4 is 15.5 Å². The summed E-state index contributed by atoms with van der Waals surface area (Å²) in [5, 5.41) is 7.55. The lowest BCUT2D eigenvalue weighted by molar-refractivity contribution is -0.125. The van der Waals surface area contributed by atoms with Crippen LogP contribution in [-0.2, 0) is 25.2 Å². The summed E-state index contributed by atoms with van der Waals surface area (Å²) >= 11 is 0. The highest BCUT2D eigenvalue weighted by molar-refractivity contribution is 7.86. The Balaban J connectivity index is 1.52. The Hall–Kier alpha value is -3.52. The fraction of sp³-hybridized carbons (Fsp3) is 0.345. The standard InChI is InChI=1S/C29H33N3O4S/c1-20-14-16-24(17-15-20)30-27(33)18-37(36)19-28(34)32(21(2)29(35)31-23-10-4-5-11-23)26-13-7-9-22-8-3-6-12-25(22)26/h3,6-9,12-17,21,23H,4-5,10-11,18-19H2,1-2H3,(H,30,33)(H,31,35)/t21-,37+/m1/s1. The smallest absolute Gasteiger partial charge is 0.243 e. The number of nitrogens with zero attached hydrogens (tertiary/aromatic N) is 1. The van der Waals surface area contributed by atoms with Gasteiger partial charge in [0.15, 0.2) is 0 Å². The molecule has 2 N–H and O–H groups in total. The van der Waals surface area contributed by atoms with Gasteiger partial charge >= 0.3 is 0 Å². The summed E-state index contributed by atoms with van der Waals surface area (Å²) in [6.07, 6.45) is 4.02. The van der Waals surface area contributed by atoms with E-state index in [0.29, 0.717) is 11.4 Å². The Labute approximate surface area is 220 Å². The van der Waals surface area contributed by atoms with Gasteiger partial charge < -0.3 is 10.6 Å². The molecular formula is C29H33N3O4S. The quantitative estimate of drug-likeness (QED) is 0.440. The monoisotopic (exact) mass is 519 g/mol. The molecule has 0 heterocycles. The van der Waals surface area contributed by atoms with Crippen LogP contribution in [0, 0.1) is 6.92 Å². The third kappa shape index (κ3) is 6.83. The number of hydrogen-bond donors (Lipinski definition) is 2. The van der Waals surface area contributed by atoms with Crippen LogP contribution in [0.15, 0.2) is 66.7 Å². The number of fused-ring (bicyclic) bond motifs is 1. The van der Waals surface area contributed by atoms with Crippen molar-refractivity contribution in [2.24, 2.45) is 0 Å². The molecule has 1 fully saturated rings. The summed E-state index contributed by atoms with van der Waals surface area (Å²) in [6, 6.07) is 19.8. The third-order valence-electron chi connectivity index (χ3n) is 6.68. The molecule has 0 aromatic heterocycles. The molecule has 4 rings (SSSR count). The second-order valence-corrected chi connectivity index (χ2v) is 11.0. The largest absolute Gasteiger partial charge is 0.352 e. The Morgan fingerprint density at radius 1 is 0.946 bits per heavy atom. The predicted octanol–water partition coefficient (Wildman–Crippen LogP) is 4.32. The average Bonchev–Trinajstić information content (AvgIpc) is 3.38. The van der Waals surface area contributed by atoms with Gasteiger partial charge in [-0.1, -0.05) is 66.9 Å². The number of benzene rings is 3. The fourth-order valence-corrected chi connectivity index (χ4v) is 5.61. The molecule has 3 aromatic rings. The summed E-state index contributed by atoms with van der Waals surface area (Å²) < 4.78 is 12.9. The molecule has 0 radical (unpaired) electrons. The lowest BCUT2D eigenvalue weighted by atomic mass is 10.1. The zero-order valence-corrected chi connectivity index (χ0v) is 22.1. The Bertz CT molecular complexity index is 1300. The van der Waals surface area contributed by atoms with E-state index in [1.165, 1.54) is 4.90 Å². The zero-order valence-electron chi connectivity index (χ0n) is 21.2. The van der Waals surface area contributed by atoms with Gasteiger partial charge in [0.2, 0.25) is 17.7 Å². The lowest BCUT2D eigenvalue weighted by Crippen LogP contribution is -2.51. The van der Waals surface area contributed by atoms with Gasteiger partial charge in [-0.2, -0.15) is 0 Å². The van der Waals surface area contributed by atoms with Crippen LogP contribution >= 0.6 is 0 Å². The maximum atomic E-state index is 13.6. The van der Waals surface area contributed by atoms with Crippen molar-refractivity contribution in [1.82, 2.24) is 5.32 Å². The van der Waals surface area contributed by atoms with Gasteiger partial charge in [-0.15, -0.1) is 0 Å². The first-order valence-electron chi connectivity index (χ1n) is 12.6. The molecule has 0 spiro atoms. The molecule has 2 atom stereocenters. The van der Waals surface area contributed by atoms with Gasteiger partial charge in [0.05, 0.1) is 5.69 Å². The van der Waals surface area contributed by atoms with Crippen molar-refractivity contribution in [3.63, 3.8) is 0 Å². The number of carbonyl (C=O) groups excluding carboxylic acids is 3. The third-order valence-corrected chi connectivity index (χ3v) is 7.83. The number of aryl methyl sites for hydroxylation is 1. The highest BCUT2D eigenvalue weighted by atomic mass is 32.2. The first-order valence-corrected chi connectivity index (χ1v) is 14.1. The van der Waals surface area contributed by atoms with Crippen molar-refractivity contribution in [3.05, 3.63) is 72.3 Å².